The van der Waals surface area contributed by atoms with Crippen molar-refractivity contribution in [3.8, 4) is 0 Å². The van der Waals surface area contributed by atoms with Crippen molar-refractivity contribution in [3.63, 3.8) is 0 Å². The van der Waals surface area contributed by atoms with Gasteiger partial charge in [-0.1, -0.05) is 0 Å². The third-order valence-electron chi connectivity index (χ3n) is 4.60. The fraction of sp³-hybridized carbons (Fsp3) is 0.562. The molecule has 3 heterocycles. The summed E-state index contributed by atoms with van der Waals surface area (Å²) in [5.41, 5.74) is 6.73. The van der Waals surface area contributed by atoms with Gasteiger partial charge < -0.3 is 26.2 Å². The Bertz CT molecular complexity index is 623. The Morgan fingerprint density at radius 3 is 2.96 bits per heavy atom. The minimum absolute atomic E-state index is 0.00681. The number of nitrogens with one attached hydrogen (secondary N) is 2. The van der Waals surface area contributed by atoms with E-state index in [4.69, 9.17) is 10.7 Å². The number of hydrogen-bond acceptors (Lipinski definition) is 6. The largest absolute Gasteiger partial charge is 0.396 e. The minimum atomic E-state index is -0.0572. The Morgan fingerprint density at radius 2 is 2.21 bits per heavy atom. The molecule has 2 saturated heterocycles. The van der Waals surface area contributed by atoms with Crippen LogP contribution in [0.4, 0.5) is 17.3 Å². The van der Waals surface area contributed by atoms with E-state index in [0.29, 0.717) is 11.5 Å². The lowest BCUT2D eigenvalue weighted by atomic mass is 10.2. The summed E-state index contributed by atoms with van der Waals surface area (Å²) in [5.74, 6) is 1.56. The first kappa shape index (κ1) is 16.4. The molecule has 1 aromatic rings. The Labute approximate surface area is 141 Å². The number of hydrogen-bond donors (Lipinski definition) is 3. The number of aromatic nitrogens is 1. The van der Waals surface area contributed by atoms with Gasteiger partial charge in [0.1, 0.15) is 12.0 Å². The number of amides is 2. The number of nitrogen functional groups attached to an aromatic ring is 1. The molecule has 2 aliphatic heterocycles. The smallest absolute Gasteiger partial charge is 0.217 e. The Balaban J connectivity index is 1.77. The van der Waals surface area contributed by atoms with Crippen LogP contribution in [0.5, 0.6) is 0 Å². The zero-order valence-corrected chi connectivity index (χ0v) is 13.9. The first-order chi connectivity index (χ1) is 11.6. The van der Waals surface area contributed by atoms with E-state index in [1.165, 1.54) is 6.92 Å². The Hall–Kier alpha value is -2.51. The van der Waals surface area contributed by atoms with E-state index in [0.717, 1.165) is 51.1 Å². The summed E-state index contributed by atoms with van der Waals surface area (Å²) in [4.78, 5) is 30.9. The van der Waals surface area contributed by atoms with Gasteiger partial charge in [0.15, 0.2) is 5.82 Å². The second-order valence-corrected chi connectivity index (χ2v) is 6.35. The second-order valence-electron chi connectivity index (χ2n) is 6.35. The van der Waals surface area contributed by atoms with Gasteiger partial charge in [0.25, 0.3) is 0 Å². The van der Waals surface area contributed by atoms with E-state index < -0.39 is 0 Å². The molecule has 3 rings (SSSR count). The predicted molar refractivity (Wildman–Crippen MR) is 92.7 cm³/mol. The highest BCUT2D eigenvalue weighted by molar-refractivity contribution is 5.73. The molecular weight excluding hydrogens is 308 g/mol. The van der Waals surface area contributed by atoms with Crippen LogP contribution in [-0.4, -0.2) is 49.1 Å². The molecule has 2 unspecified atom stereocenters. The lowest BCUT2D eigenvalue weighted by Gasteiger charge is -2.28. The van der Waals surface area contributed by atoms with Crippen molar-refractivity contribution in [2.24, 2.45) is 0 Å². The number of carbonyl (C=O) groups excluding carboxylic acids is 2. The second kappa shape index (κ2) is 6.94. The molecule has 2 fully saturated rings. The SMILES string of the molecule is CC(=O)NC1CCN(c2ccc(N)c(N3CCCC3NC=O)n2)C1. The molecule has 0 radical (unpaired) electrons. The normalized spacial score (nSPS) is 23.4. The fourth-order valence-electron chi connectivity index (χ4n) is 3.50. The van der Waals surface area contributed by atoms with Crippen molar-refractivity contribution in [3.05, 3.63) is 12.1 Å². The molecule has 8 nitrogen and oxygen atoms in total. The van der Waals surface area contributed by atoms with Crippen molar-refractivity contribution in [2.45, 2.75) is 38.4 Å². The van der Waals surface area contributed by atoms with Crippen LogP contribution in [0.1, 0.15) is 26.2 Å². The topological polar surface area (TPSA) is 104 Å². The molecule has 0 saturated carbocycles. The van der Waals surface area contributed by atoms with Crippen LogP contribution in [-0.2, 0) is 9.59 Å². The standard InChI is InChI=1S/C16H24N6O2/c1-11(24)19-12-6-8-21(9-12)15-5-4-13(17)16(20-15)22-7-2-3-14(22)18-10-23/h4-5,10,12,14H,2-3,6-9,17H2,1H3,(H,18,23)(H,19,24). The molecule has 2 aliphatic rings. The van der Waals surface area contributed by atoms with Crippen LogP contribution in [0.25, 0.3) is 0 Å². The van der Waals surface area contributed by atoms with Gasteiger partial charge in [-0.25, -0.2) is 4.98 Å². The van der Waals surface area contributed by atoms with Crippen molar-refractivity contribution in [1.29, 1.82) is 0 Å². The fourth-order valence-corrected chi connectivity index (χ4v) is 3.50. The minimum Gasteiger partial charge on any atom is -0.396 e. The first-order valence-electron chi connectivity index (χ1n) is 8.33. The summed E-state index contributed by atoms with van der Waals surface area (Å²) < 4.78 is 0. The van der Waals surface area contributed by atoms with Gasteiger partial charge in [-0.3, -0.25) is 9.59 Å². The van der Waals surface area contributed by atoms with Crippen LogP contribution in [0.15, 0.2) is 12.1 Å². The average Bonchev–Trinajstić information content (AvgIpc) is 3.17. The molecule has 2 atom stereocenters. The van der Waals surface area contributed by atoms with Gasteiger partial charge >= 0.3 is 0 Å². The zero-order valence-electron chi connectivity index (χ0n) is 13.9. The lowest BCUT2D eigenvalue weighted by molar-refractivity contribution is -0.119. The van der Waals surface area contributed by atoms with E-state index in [1.54, 1.807) is 0 Å². The lowest BCUT2D eigenvalue weighted by Crippen LogP contribution is -2.41. The molecule has 4 N–H and O–H groups in total. The predicted octanol–water partition coefficient (Wildman–Crippen LogP) is 0.0509. The number of anilines is 3. The maximum atomic E-state index is 11.2. The van der Waals surface area contributed by atoms with E-state index >= 15 is 0 Å². The van der Waals surface area contributed by atoms with Crippen molar-refractivity contribution < 1.29 is 9.59 Å². The number of pyridine rings is 1. The van der Waals surface area contributed by atoms with Crippen LogP contribution in [0, 0.1) is 0 Å². The van der Waals surface area contributed by atoms with Crippen LogP contribution < -0.4 is 26.2 Å². The van der Waals surface area contributed by atoms with E-state index in [-0.39, 0.29) is 18.1 Å². The summed E-state index contributed by atoms with van der Waals surface area (Å²) in [6, 6.07) is 3.92. The Kier molecular flexibility index (Phi) is 4.73. The zero-order chi connectivity index (χ0) is 17.1. The summed E-state index contributed by atoms with van der Waals surface area (Å²) >= 11 is 0. The number of nitrogens with two attached hydrogens (primary N) is 1. The molecular formula is C16H24N6O2. The molecule has 2 amide bonds. The summed E-state index contributed by atoms with van der Waals surface area (Å²) in [5, 5.41) is 5.78. The maximum Gasteiger partial charge on any atom is 0.217 e. The third kappa shape index (κ3) is 3.37. The average molecular weight is 332 g/mol. The van der Waals surface area contributed by atoms with E-state index in [9.17, 15) is 9.59 Å². The van der Waals surface area contributed by atoms with Gasteiger partial charge in [-0.15, -0.1) is 0 Å². The molecule has 0 spiro atoms. The van der Waals surface area contributed by atoms with Gasteiger partial charge in [0.2, 0.25) is 12.3 Å². The van der Waals surface area contributed by atoms with Gasteiger partial charge in [-0.05, 0) is 31.4 Å². The molecule has 0 bridgehead atoms. The molecule has 0 aliphatic carbocycles. The molecule has 0 aromatic carbocycles. The Morgan fingerprint density at radius 1 is 1.38 bits per heavy atom. The number of carbonyl (C=O) groups is 2. The van der Waals surface area contributed by atoms with Gasteiger partial charge in [0, 0.05) is 32.6 Å². The maximum absolute atomic E-state index is 11.2. The number of nitrogens with zero attached hydrogens (tertiary/aromatic N) is 3. The first-order valence-corrected chi connectivity index (χ1v) is 8.33. The highest BCUT2D eigenvalue weighted by atomic mass is 16.1. The summed E-state index contributed by atoms with van der Waals surface area (Å²) in [7, 11) is 0. The summed E-state index contributed by atoms with van der Waals surface area (Å²) in [6.07, 6.45) is 3.45. The van der Waals surface area contributed by atoms with Crippen molar-refractivity contribution >= 4 is 29.6 Å². The summed E-state index contributed by atoms with van der Waals surface area (Å²) in [6.45, 7) is 3.94. The van der Waals surface area contributed by atoms with E-state index in [1.807, 2.05) is 12.1 Å². The molecule has 1 aromatic heterocycles. The van der Waals surface area contributed by atoms with Gasteiger partial charge in [-0.2, -0.15) is 0 Å². The van der Waals surface area contributed by atoms with Crippen LogP contribution in [0.2, 0.25) is 0 Å². The molecule has 130 valence electrons. The van der Waals surface area contributed by atoms with Crippen molar-refractivity contribution in [1.82, 2.24) is 15.6 Å². The third-order valence-corrected chi connectivity index (χ3v) is 4.60. The van der Waals surface area contributed by atoms with Crippen LogP contribution >= 0.6 is 0 Å². The molecule has 24 heavy (non-hydrogen) atoms. The molecule has 8 heteroatoms. The van der Waals surface area contributed by atoms with Gasteiger partial charge in [0.05, 0.1) is 5.69 Å². The van der Waals surface area contributed by atoms with E-state index in [2.05, 4.69) is 20.4 Å². The monoisotopic (exact) mass is 332 g/mol. The van der Waals surface area contributed by atoms with Crippen molar-refractivity contribution in [2.75, 3.05) is 35.2 Å². The number of rotatable bonds is 5. The highest BCUT2D eigenvalue weighted by Gasteiger charge is 2.29. The quantitative estimate of drug-likeness (QED) is 0.658. The van der Waals surface area contributed by atoms with Crippen LogP contribution in [0.3, 0.4) is 0 Å². The highest BCUT2D eigenvalue weighted by Crippen LogP contribution is 2.30.